The Kier molecular flexibility index (Phi) is 7.61. The van der Waals surface area contributed by atoms with Crippen molar-refractivity contribution in [3.05, 3.63) is 95.8 Å². The first kappa shape index (κ1) is 23.4. The van der Waals surface area contributed by atoms with Crippen molar-refractivity contribution in [1.82, 2.24) is 9.80 Å². The molecule has 0 aliphatic heterocycles. The normalized spacial score (nSPS) is 11.4. The van der Waals surface area contributed by atoms with Gasteiger partial charge in [0.1, 0.15) is 5.82 Å². The highest BCUT2D eigenvalue weighted by Crippen LogP contribution is 2.18. The molecular weight excluding hydrogens is 429 g/mol. The summed E-state index contributed by atoms with van der Waals surface area (Å²) >= 11 is 0. The quantitative estimate of drug-likeness (QED) is 0.532. The van der Waals surface area contributed by atoms with E-state index >= 15 is 0 Å². The number of nitrogens with one attached hydrogen (secondary N) is 1. The second-order valence-corrected chi connectivity index (χ2v) is 9.34. The van der Waals surface area contributed by atoms with Gasteiger partial charge in [-0.3, -0.25) is 9.52 Å². The number of sulfonamides is 1. The number of carbonyl (C=O) groups is 1. The molecule has 0 saturated carbocycles. The Morgan fingerprint density at radius 1 is 0.906 bits per heavy atom. The lowest BCUT2D eigenvalue weighted by molar-refractivity contribution is 0.0732. The first-order valence-corrected chi connectivity index (χ1v) is 11.6. The van der Waals surface area contributed by atoms with Gasteiger partial charge in [0.2, 0.25) is 0 Å². The SMILES string of the molecule is CN(C)CCN(Cc1cccc(F)c1)C(=O)c1ccc(NS(=O)(=O)c2ccccc2)cc1. The van der Waals surface area contributed by atoms with Gasteiger partial charge in [0.25, 0.3) is 15.9 Å². The van der Waals surface area contributed by atoms with Crippen LogP contribution < -0.4 is 4.72 Å². The summed E-state index contributed by atoms with van der Waals surface area (Å²) in [7, 11) is 0.118. The topological polar surface area (TPSA) is 69.7 Å². The lowest BCUT2D eigenvalue weighted by atomic mass is 10.1. The maximum absolute atomic E-state index is 13.6. The van der Waals surface area contributed by atoms with E-state index in [2.05, 4.69) is 4.72 Å². The summed E-state index contributed by atoms with van der Waals surface area (Å²) in [4.78, 5) is 16.9. The van der Waals surface area contributed by atoms with Gasteiger partial charge in [-0.05, 0) is 68.2 Å². The van der Waals surface area contributed by atoms with Crippen LogP contribution in [0.2, 0.25) is 0 Å². The highest BCUT2D eigenvalue weighted by molar-refractivity contribution is 7.92. The number of halogens is 1. The van der Waals surface area contributed by atoms with Gasteiger partial charge in [-0.1, -0.05) is 30.3 Å². The molecule has 0 atom stereocenters. The maximum atomic E-state index is 13.6. The van der Waals surface area contributed by atoms with E-state index in [0.29, 0.717) is 29.9 Å². The van der Waals surface area contributed by atoms with Gasteiger partial charge in [-0.25, -0.2) is 12.8 Å². The number of likely N-dealkylation sites (N-methyl/N-ethyl adjacent to an activating group) is 1. The zero-order chi connectivity index (χ0) is 23.1. The van der Waals surface area contributed by atoms with E-state index in [1.165, 1.54) is 24.3 Å². The minimum atomic E-state index is -3.71. The summed E-state index contributed by atoms with van der Waals surface area (Å²) in [5.41, 5.74) is 1.47. The maximum Gasteiger partial charge on any atom is 0.261 e. The molecule has 3 aromatic carbocycles. The van der Waals surface area contributed by atoms with E-state index in [0.717, 1.165) is 0 Å². The average Bonchev–Trinajstić information content (AvgIpc) is 2.77. The Labute approximate surface area is 188 Å². The fraction of sp³-hybridized carbons (Fsp3) is 0.208. The molecule has 0 bridgehead atoms. The monoisotopic (exact) mass is 455 g/mol. The molecule has 3 aromatic rings. The van der Waals surface area contributed by atoms with Crippen LogP contribution in [0.4, 0.5) is 10.1 Å². The Hall–Kier alpha value is -3.23. The average molecular weight is 456 g/mol. The molecule has 0 unspecified atom stereocenters. The van der Waals surface area contributed by atoms with Crippen molar-refractivity contribution in [2.24, 2.45) is 0 Å². The third kappa shape index (κ3) is 6.38. The Morgan fingerprint density at radius 2 is 1.59 bits per heavy atom. The third-order valence-corrected chi connectivity index (χ3v) is 6.20. The summed E-state index contributed by atoms with van der Waals surface area (Å²) in [5.74, 6) is -0.564. The van der Waals surface area contributed by atoms with Crippen molar-refractivity contribution in [3.8, 4) is 0 Å². The van der Waals surface area contributed by atoms with Gasteiger partial charge < -0.3 is 9.80 Å². The molecule has 6 nitrogen and oxygen atoms in total. The fourth-order valence-electron chi connectivity index (χ4n) is 3.11. The predicted molar refractivity (Wildman–Crippen MR) is 123 cm³/mol. The molecule has 32 heavy (non-hydrogen) atoms. The van der Waals surface area contributed by atoms with Crippen molar-refractivity contribution < 1.29 is 17.6 Å². The van der Waals surface area contributed by atoms with Crippen LogP contribution in [0, 0.1) is 5.82 Å². The van der Waals surface area contributed by atoms with Crippen molar-refractivity contribution in [1.29, 1.82) is 0 Å². The molecule has 0 spiro atoms. The number of benzene rings is 3. The van der Waals surface area contributed by atoms with Crippen LogP contribution in [0.15, 0.2) is 83.8 Å². The summed E-state index contributed by atoms with van der Waals surface area (Å²) in [6, 6.07) is 20.5. The molecule has 1 amide bonds. The van der Waals surface area contributed by atoms with E-state index in [1.54, 1.807) is 59.5 Å². The number of hydrogen-bond donors (Lipinski definition) is 1. The van der Waals surface area contributed by atoms with Gasteiger partial charge in [0.15, 0.2) is 0 Å². The first-order valence-electron chi connectivity index (χ1n) is 10.1. The second kappa shape index (κ2) is 10.4. The highest BCUT2D eigenvalue weighted by atomic mass is 32.2. The van der Waals surface area contributed by atoms with Gasteiger partial charge in [-0.2, -0.15) is 0 Å². The Morgan fingerprint density at radius 3 is 2.22 bits per heavy atom. The summed E-state index contributed by atoms with van der Waals surface area (Å²) in [5, 5.41) is 0. The number of nitrogens with zero attached hydrogens (tertiary/aromatic N) is 2. The van der Waals surface area contributed by atoms with Crippen molar-refractivity contribution in [2.75, 3.05) is 31.9 Å². The molecule has 3 rings (SSSR count). The molecular formula is C24H26FN3O3S. The molecule has 168 valence electrons. The standard InChI is InChI=1S/C24H26FN3O3S/c1-27(2)15-16-28(18-19-7-6-8-21(25)17-19)24(29)20-11-13-22(14-12-20)26-32(30,31)23-9-4-3-5-10-23/h3-14,17,26H,15-16,18H2,1-2H3. The predicted octanol–water partition coefficient (Wildman–Crippen LogP) is 3.83. The van der Waals surface area contributed by atoms with Crippen molar-refractivity contribution in [3.63, 3.8) is 0 Å². The van der Waals surface area contributed by atoms with E-state index < -0.39 is 10.0 Å². The van der Waals surface area contributed by atoms with Gasteiger partial charge >= 0.3 is 0 Å². The lowest BCUT2D eigenvalue weighted by Crippen LogP contribution is -2.36. The van der Waals surface area contributed by atoms with Crippen LogP contribution in [0.25, 0.3) is 0 Å². The minimum absolute atomic E-state index is 0.158. The van der Waals surface area contributed by atoms with Crippen LogP contribution in [0.5, 0.6) is 0 Å². The molecule has 0 fully saturated rings. The summed E-state index contributed by atoms with van der Waals surface area (Å²) in [6.45, 7) is 1.38. The van der Waals surface area contributed by atoms with Crippen LogP contribution in [-0.2, 0) is 16.6 Å². The summed E-state index contributed by atoms with van der Waals surface area (Å²) < 4.78 is 41.1. The van der Waals surface area contributed by atoms with Crippen LogP contribution in [-0.4, -0.2) is 51.3 Å². The number of anilines is 1. The molecule has 0 aliphatic carbocycles. The lowest BCUT2D eigenvalue weighted by Gasteiger charge is -2.25. The van der Waals surface area contributed by atoms with E-state index in [-0.39, 0.29) is 23.2 Å². The highest BCUT2D eigenvalue weighted by Gasteiger charge is 2.18. The van der Waals surface area contributed by atoms with Gasteiger partial charge in [0, 0.05) is 30.9 Å². The van der Waals surface area contributed by atoms with Crippen LogP contribution in [0.1, 0.15) is 15.9 Å². The number of amides is 1. The van der Waals surface area contributed by atoms with E-state index in [9.17, 15) is 17.6 Å². The third-order valence-electron chi connectivity index (χ3n) is 4.80. The minimum Gasteiger partial charge on any atom is -0.333 e. The molecule has 0 aromatic heterocycles. The summed E-state index contributed by atoms with van der Waals surface area (Å²) in [6.07, 6.45) is 0. The molecule has 0 aliphatic rings. The van der Waals surface area contributed by atoms with Crippen molar-refractivity contribution >= 4 is 21.6 Å². The molecule has 0 radical (unpaired) electrons. The van der Waals surface area contributed by atoms with Crippen LogP contribution in [0.3, 0.4) is 0 Å². The molecule has 8 heteroatoms. The van der Waals surface area contributed by atoms with Crippen molar-refractivity contribution in [2.45, 2.75) is 11.4 Å². The molecule has 1 N–H and O–H groups in total. The smallest absolute Gasteiger partial charge is 0.261 e. The number of hydrogen-bond acceptors (Lipinski definition) is 4. The number of carbonyl (C=O) groups excluding carboxylic acids is 1. The second-order valence-electron chi connectivity index (χ2n) is 7.66. The first-order chi connectivity index (χ1) is 15.2. The zero-order valence-electron chi connectivity index (χ0n) is 18.0. The molecule has 0 heterocycles. The Bertz CT molecular complexity index is 1150. The zero-order valence-corrected chi connectivity index (χ0v) is 18.8. The fourth-order valence-corrected chi connectivity index (χ4v) is 4.19. The van der Waals surface area contributed by atoms with Gasteiger partial charge in [0.05, 0.1) is 4.90 Å². The van der Waals surface area contributed by atoms with E-state index in [4.69, 9.17) is 0 Å². The van der Waals surface area contributed by atoms with E-state index in [1.807, 2.05) is 19.0 Å². The number of rotatable bonds is 9. The largest absolute Gasteiger partial charge is 0.333 e. The van der Waals surface area contributed by atoms with Gasteiger partial charge in [-0.15, -0.1) is 0 Å². The Balaban J connectivity index is 1.76. The van der Waals surface area contributed by atoms with Crippen LogP contribution >= 0.6 is 0 Å². The molecule has 0 saturated heterocycles.